The number of carboxylic acid groups (broad SMARTS) is 1. The lowest BCUT2D eigenvalue weighted by Gasteiger charge is -2.19. The van der Waals surface area contributed by atoms with Crippen molar-refractivity contribution in [3.63, 3.8) is 0 Å². The van der Waals surface area contributed by atoms with Gasteiger partial charge < -0.3 is 19.6 Å². The number of rotatable bonds is 3. The molecule has 0 bridgehead atoms. The summed E-state index contributed by atoms with van der Waals surface area (Å²) >= 11 is 0. The molecule has 2 unspecified atom stereocenters. The lowest BCUT2D eigenvalue weighted by atomic mass is 9.89. The Hall–Kier alpha value is -1.97. The average Bonchev–Trinajstić information content (AvgIpc) is 2.96. The quantitative estimate of drug-likeness (QED) is 0.942. The van der Waals surface area contributed by atoms with Crippen LogP contribution in [0.3, 0.4) is 0 Å². The Morgan fingerprint density at radius 1 is 1.33 bits per heavy atom. The molecule has 3 rings (SSSR count). The maximum atomic E-state index is 11.2. The summed E-state index contributed by atoms with van der Waals surface area (Å²) in [5, 5.41) is 22.3. The van der Waals surface area contributed by atoms with Crippen molar-refractivity contribution in [2.45, 2.75) is 45.6 Å². The molecular formula is C17H20NO3-. The second-order valence-corrected chi connectivity index (χ2v) is 6.35. The van der Waals surface area contributed by atoms with E-state index in [0.29, 0.717) is 5.92 Å². The van der Waals surface area contributed by atoms with Crippen LogP contribution < -0.4 is 5.11 Å². The highest BCUT2D eigenvalue weighted by Gasteiger charge is 2.30. The number of nitrogens with zero attached hydrogens (tertiary/aromatic N) is 1. The van der Waals surface area contributed by atoms with Crippen LogP contribution in [0.15, 0.2) is 18.2 Å². The Morgan fingerprint density at radius 3 is 2.67 bits per heavy atom. The van der Waals surface area contributed by atoms with Crippen molar-refractivity contribution in [1.82, 2.24) is 4.57 Å². The Labute approximate surface area is 124 Å². The molecule has 4 nitrogen and oxygen atoms in total. The van der Waals surface area contributed by atoms with Crippen molar-refractivity contribution in [2.75, 3.05) is 0 Å². The normalized spacial score (nSPS) is 19.1. The fraction of sp³-hybridized carbons (Fsp3) is 0.471. The third-order valence-electron chi connectivity index (χ3n) is 4.71. The van der Waals surface area contributed by atoms with Gasteiger partial charge in [0.05, 0.1) is 5.52 Å². The fourth-order valence-corrected chi connectivity index (χ4v) is 3.51. The van der Waals surface area contributed by atoms with Crippen molar-refractivity contribution >= 4 is 16.9 Å². The Balaban J connectivity index is 2.19. The standard InChI is InChI=1S/C17H21NO3/c1-9(2)13-6-11(19)7-15-14(13)8-16-12(4-5-18(15)16)10(3)17(20)21/h6-10,12,19H,4-5H2,1-3H3,(H,20,21)/p-1. The predicted octanol–water partition coefficient (Wildman–Crippen LogP) is 2.34. The highest BCUT2D eigenvalue weighted by atomic mass is 16.4. The van der Waals surface area contributed by atoms with E-state index in [1.165, 1.54) is 0 Å². The molecule has 4 heteroatoms. The lowest BCUT2D eigenvalue weighted by molar-refractivity contribution is -0.311. The molecular weight excluding hydrogens is 266 g/mol. The first-order valence-corrected chi connectivity index (χ1v) is 7.47. The van der Waals surface area contributed by atoms with Gasteiger partial charge in [0.25, 0.3) is 0 Å². The molecule has 1 aliphatic rings. The summed E-state index contributed by atoms with van der Waals surface area (Å²) in [4.78, 5) is 11.2. The third-order valence-corrected chi connectivity index (χ3v) is 4.71. The van der Waals surface area contributed by atoms with E-state index < -0.39 is 11.9 Å². The van der Waals surface area contributed by atoms with E-state index in [2.05, 4.69) is 24.5 Å². The molecule has 2 aromatic rings. The highest BCUT2D eigenvalue weighted by molar-refractivity contribution is 5.87. The molecule has 0 saturated carbocycles. The molecule has 1 aliphatic heterocycles. The van der Waals surface area contributed by atoms with Gasteiger partial charge in [-0.15, -0.1) is 0 Å². The van der Waals surface area contributed by atoms with E-state index in [0.717, 1.165) is 35.1 Å². The van der Waals surface area contributed by atoms with Crippen molar-refractivity contribution in [3.05, 3.63) is 29.5 Å². The zero-order valence-corrected chi connectivity index (χ0v) is 12.6. The second kappa shape index (κ2) is 4.79. The smallest absolute Gasteiger partial charge is 0.117 e. The van der Waals surface area contributed by atoms with Gasteiger partial charge in [0.2, 0.25) is 0 Å². The third kappa shape index (κ3) is 2.09. The number of carboxylic acids is 1. The van der Waals surface area contributed by atoms with Gasteiger partial charge in [-0.05, 0) is 30.0 Å². The molecule has 2 heterocycles. The highest BCUT2D eigenvalue weighted by Crippen LogP contribution is 2.41. The molecule has 0 fully saturated rings. The number of carbonyl (C=O) groups excluding carboxylic acids is 1. The van der Waals surface area contributed by atoms with Gasteiger partial charge in [-0.2, -0.15) is 0 Å². The van der Waals surface area contributed by atoms with Crippen molar-refractivity contribution in [3.8, 4) is 5.75 Å². The fourth-order valence-electron chi connectivity index (χ4n) is 3.51. The first-order valence-electron chi connectivity index (χ1n) is 7.47. The van der Waals surface area contributed by atoms with Crippen molar-refractivity contribution in [1.29, 1.82) is 0 Å². The maximum absolute atomic E-state index is 11.2. The topological polar surface area (TPSA) is 65.3 Å². The van der Waals surface area contributed by atoms with Crippen LogP contribution in [0, 0.1) is 5.92 Å². The number of carbonyl (C=O) groups is 1. The first-order chi connectivity index (χ1) is 9.90. The Morgan fingerprint density at radius 2 is 2.05 bits per heavy atom. The van der Waals surface area contributed by atoms with Gasteiger partial charge in [-0.1, -0.05) is 20.8 Å². The molecule has 1 N–H and O–H groups in total. The minimum Gasteiger partial charge on any atom is -0.550 e. The van der Waals surface area contributed by atoms with Crippen LogP contribution in [0.2, 0.25) is 0 Å². The van der Waals surface area contributed by atoms with E-state index in [1.54, 1.807) is 19.1 Å². The Bertz CT molecular complexity index is 714. The number of phenols is 1. The monoisotopic (exact) mass is 286 g/mol. The molecule has 112 valence electrons. The summed E-state index contributed by atoms with van der Waals surface area (Å²) in [7, 11) is 0. The van der Waals surface area contributed by atoms with Gasteiger partial charge in [0.15, 0.2) is 0 Å². The summed E-state index contributed by atoms with van der Waals surface area (Å²) < 4.78 is 2.14. The molecule has 1 aromatic heterocycles. The van der Waals surface area contributed by atoms with E-state index in [9.17, 15) is 15.0 Å². The second-order valence-electron chi connectivity index (χ2n) is 6.35. The van der Waals surface area contributed by atoms with Gasteiger partial charge in [-0.3, -0.25) is 0 Å². The minimum atomic E-state index is -0.995. The number of aromatic nitrogens is 1. The van der Waals surface area contributed by atoms with Gasteiger partial charge in [-0.25, -0.2) is 0 Å². The number of hydrogen-bond acceptors (Lipinski definition) is 3. The maximum Gasteiger partial charge on any atom is 0.117 e. The number of fused-ring (bicyclic) bond motifs is 3. The van der Waals surface area contributed by atoms with Gasteiger partial charge in [0, 0.05) is 41.5 Å². The number of aryl methyl sites for hydroxylation is 1. The van der Waals surface area contributed by atoms with E-state index in [-0.39, 0.29) is 11.7 Å². The molecule has 2 atom stereocenters. The lowest BCUT2D eigenvalue weighted by Crippen LogP contribution is -2.32. The number of phenolic OH excluding ortho intramolecular Hbond substituents is 1. The van der Waals surface area contributed by atoms with Crippen LogP contribution in [0.4, 0.5) is 0 Å². The zero-order valence-electron chi connectivity index (χ0n) is 12.6. The van der Waals surface area contributed by atoms with Gasteiger partial charge >= 0.3 is 0 Å². The van der Waals surface area contributed by atoms with Gasteiger partial charge in [0.1, 0.15) is 5.75 Å². The summed E-state index contributed by atoms with van der Waals surface area (Å²) in [5.41, 5.74) is 3.16. The van der Waals surface area contributed by atoms with Crippen LogP contribution in [0.25, 0.3) is 10.9 Å². The number of aliphatic carboxylic acids is 1. The SMILES string of the molecule is CC(C)c1cc(O)cc2c1cc1n2CCC1C(C)C(=O)[O-]. The number of benzene rings is 1. The zero-order chi connectivity index (χ0) is 15.3. The minimum absolute atomic E-state index is 0.00967. The van der Waals surface area contributed by atoms with Crippen LogP contribution >= 0.6 is 0 Å². The van der Waals surface area contributed by atoms with E-state index in [4.69, 9.17) is 0 Å². The van der Waals surface area contributed by atoms with Crippen LogP contribution in [0.5, 0.6) is 5.75 Å². The number of aromatic hydroxyl groups is 1. The van der Waals surface area contributed by atoms with Crippen LogP contribution in [-0.4, -0.2) is 15.6 Å². The van der Waals surface area contributed by atoms with E-state index >= 15 is 0 Å². The molecule has 0 aliphatic carbocycles. The van der Waals surface area contributed by atoms with Crippen molar-refractivity contribution in [2.24, 2.45) is 5.92 Å². The summed E-state index contributed by atoms with van der Waals surface area (Å²) in [6, 6.07) is 5.68. The summed E-state index contributed by atoms with van der Waals surface area (Å²) in [5.74, 6) is -0.926. The first kappa shape index (κ1) is 14.0. The van der Waals surface area contributed by atoms with Crippen molar-refractivity contribution < 1.29 is 15.0 Å². The molecule has 21 heavy (non-hydrogen) atoms. The molecule has 0 radical (unpaired) electrons. The van der Waals surface area contributed by atoms with Crippen LogP contribution in [0.1, 0.15) is 50.3 Å². The predicted molar refractivity (Wildman–Crippen MR) is 79.2 cm³/mol. The van der Waals surface area contributed by atoms with E-state index in [1.807, 2.05) is 0 Å². The number of hydrogen-bond donors (Lipinski definition) is 1. The summed E-state index contributed by atoms with van der Waals surface area (Å²) in [6.45, 7) is 6.70. The molecule has 0 spiro atoms. The van der Waals surface area contributed by atoms with Crippen LogP contribution in [-0.2, 0) is 11.3 Å². The average molecular weight is 286 g/mol. The molecule has 0 amide bonds. The summed E-state index contributed by atoms with van der Waals surface area (Å²) in [6.07, 6.45) is 0.813. The Kier molecular flexibility index (Phi) is 3.19. The molecule has 0 saturated heterocycles. The largest absolute Gasteiger partial charge is 0.550 e. The molecule has 1 aromatic carbocycles.